The van der Waals surface area contributed by atoms with Gasteiger partial charge in [-0.15, -0.1) is 0 Å². The summed E-state index contributed by atoms with van der Waals surface area (Å²) in [4.78, 5) is 15.3. The Morgan fingerprint density at radius 2 is 2.31 bits per heavy atom. The molecule has 0 aliphatic rings. The first-order valence-corrected chi connectivity index (χ1v) is 5.12. The number of hydrogen-bond acceptors (Lipinski definition) is 4. The molecule has 0 unspecified atom stereocenters. The van der Waals surface area contributed by atoms with Crippen LogP contribution in [0.3, 0.4) is 0 Å². The van der Waals surface area contributed by atoms with Crippen LogP contribution in [0.5, 0.6) is 0 Å². The van der Waals surface area contributed by atoms with Crippen LogP contribution in [0.2, 0.25) is 0 Å². The van der Waals surface area contributed by atoms with Gasteiger partial charge in [-0.05, 0) is 18.6 Å². The Kier molecular flexibility index (Phi) is 4.44. The van der Waals surface area contributed by atoms with Crippen molar-refractivity contribution in [1.82, 2.24) is 4.98 Å². The highest BCUT2D eigenvalue weighted by atomic mass is 16.5. The highest BCUT2D eigenvalue weighted by Crippen LogP contribution is 2.02. The van der Waals surface area contributed by atoms with Gasteiger partial charge in [-0.3, -0.25) is 5.41 Å². The van der Waals surface area contributed by atoms with Crippen molar-refractivity contribution in [1.29, 1.82) is 5.41 Å². The van der Waals surface area contributed by atoms with Gasteiger partial charge in [0.25, 0.3) is 0 Å². The predicted molar refractivity (Wildman–Crippen MR) is 60.4 cm³/mol. The monoisotopic (exact) mass is 221 g/mol. The first-order chi connectivity index (χ1) is 7.65. The molecule has 0 spiro atoms. The summed E-state index contributed by atoms with van der Waals surface area (Å²) in [7, 11) is 0. The summed E-state index contributed by atoms with van der Waals surface area (Å²) in [6, 6.07) is 3.08. The molecule has 5 heteroatoms. The molecule has 0 amide bonds. The maximum absolute atomic E-state index is 11.4. The van der Waals surface area contributed by atoms with Crippen LogP contribution in [-0.2, 0) is 4.74 Å². The smallest absolute Gasteiger partial charge is 0.356 e. The minimum absolute atomic E-state index is 0.0709. The predicted octanol–water partition coefficient (Wildman–Crippen LogP) is 1.32. The molecule has 1 heterocycles. The van der Waals surface area contributed by atoms with E-state index in [1.165, 1.54) is 12.3 Å². The Balaban J connectivity index is 2.59. The van der Waals surface area contributed by atoms with Crippen molar-refractivity contribution < 1.29 is 9.53 Å². The third kappa shape index (κ3) is 3.34. The van der Waals surface area contributed by atoms with Crippen LogP contribution in [-0.4, -0.2) is 23.4 Å². The molecule has 86 valence electrons. The van der Waals surface area contributed by atoms with Gasteiger partial charge in [0.15, 0.2) is 0 Å². The zero-order valence-electron chi connectivity index (χ0n) is 9.19. The lowest BCUT2D eigenvalue weighted by Crippen LogP contribution is -2.13. The summed E-state index contributed by atoms with van der Waals surface area (Å²) in [5.74, 6) is -0.512. The Bertz CT molecular complexity index is 373. The highest BCUT2D eigenvalue weighted by Gasteiger charge is 2.08. The van der Waals surface area contributed by atoms with Crippen LogP contribution in [0.25, 0.3) is 0 Å². The van der Waals surface area contributed by atoms with Crippen molar-refractivity contribution in [3.63, 3.8) is 0 Å². The van der Waals surface area contributed by atoms with Crippen molar-refractivity contribution >= 4 is 11.8 Å². The zero-order chi connectivity index (χ0) is 12.0. The van der Waals surface area contributed by atoms with E-state index in [1.807, 2.05) is 6.92 Å². The summed E-state index contributed by atoms with van der Waals surface area (Å²) in [6.45, 7) is 2.43. The number of pyridine rings is 1. The summed E-state index contributed by atoms with van der Waals surface area (Å²) in [5, 5.41) is 7.17. The van der Waals surface area contributed by atoms with E-state index < -0.39 is 5.97 Å². The topological polar surface area (TPSA) is 89.1 Å². The third-order valence-corrected chi connectivity index (χ3v) is 2.01. The zero-order valence-corrected chi connectivity index (χ0v) is 9.19. The van der Waals surface area contributed by atoms with E-state index in [2.05, 4.69) is 4.98 Å². The van der Waals surface area contributed by atoms with E-state index in [1.54, 1.807) is 6.07 Å². The van der Waals surface area contributed by atoms with Gasteiger partial charge in [0.2, 0.25) is 0 Å². The lowest BCUT2D eigenvalue weighted by atomic mass is 10.2. The molecule has 5 nitrogen and oxygen atoms in total. The SMILES string of the molecule is CCCCOC(=O)c1ccc(C(=N)N)cn1. The molecule has 0 saturated carbocycles. The Labute approximate surface area is 94.1 Å². The fourth-order valence-corrected chi connectivity index (χ4v) is 1.06. The molecule has 1 aromatic heterocycles. The van der Waals surface area contributed by atoms with Gasteiger partial charge in [-0.1, -0.05) is 13.3 Å². The van der Waals surface area contributed by atoms with Crippen molar-refractivity contribution in [2.45, 2.75) is 19.8 Å². The fraction of sp³-hybridized carbons (Fsp3) is 0.364. The van der Waals surface area contributed by atoms with E-state index >= 15 is 0 Å². The van der Waals surface area contributed by atoms with E-state index in [0.29, 0.717) is 12.2 Å². The fourth-order valence-electron chi connectivity index (χ4n) is 1.06. The van der Waals surface area contributed by atoms with Crippen LogP contribution in [0, 0.1) is 5.41 Å². The van der Waals surface area contributed by atoms with Crippen molar-refractivity contribution in [2.24, 2.45) is 5.73 Å². The second-order valence-electron chi connectivity index (χ2n) is 3.34. The van der Waals surface area contributed by atoms with Crippen molar-refractivity contribution in [3.05, 3.63) is 29.6 Å². The second kappa shape index (κ2) is 5.85. The maximum atomic E-state index is 11.4. The molecule has 0 saturated heterocycles. The van der Waals surface area contributed by atoms with Crippen molar-refractivity contribution in [3.8, 4) is 0 Å². The van der Waals surface area contributed by atoms with Crippen LogP contribution >= 0.6 is 0 Å². The van der Waals surface area contributed by atoms with Gasteiger partial charge in [0, 0.05) is 11.8 Å². The van der Waals surface area contributed by atoms with Gasteiger partial charge in [-0.25, -0.2) is 9.78 Å². The molecule has 0 aliphatic carbocycles. The number of hydrogen-bond donors (Lipinski definition) is 2. The molecular formula is C11H15N3O2. The second-order valence-corrected chi connectivity index (χ2v) is 3.34. The molecule has 0 fully saturated rings. The number of carbonyl (C=O) groups is 1. The lowest BCUT2D eigenvalue weighted by Gasteiger charge is -2.03. The first-order valence-electron chi connectivity index (χ1n) is 5.12. The first kappa shape index (κ1) is 12.2. The highest BCUT2D eigenvalue weighted by molar-refractivity contribution is 5.95. The van der Waals surface area contributed by atoms with E-state index in [0.717, 1.165) is 12.8 Å². The van der Waals surface area contributed by atoms with Crippen LogP contribution < -0.4 is 5.73 Å². The Morgan fingerprint density at radius 1 is 1.56 bits per heavy atom. The average molecular weight is 221 g/mol. The maximum Gasteiger partial charge on any atom is 0.356 e. The van der Waals surface area contributed by atoms with Gasteiger partial charge in [-0.2, -0.15) is 0 Å². The molecule has 16 heavy (non-hydrogen) atoms. The summed E-state index contributed by atoms with van der Waals surface area (Å²) in [6.07, 6.45) is 3.21. The average Bonchev–Trinajstić information content (AvgIpc) is 2.29. The lowest BCUT2D eigenvalue weighted by molar-refractivity contribution is 0.0493. The minimum atomic E-state index is -0.441. The number of aromatic nitrogens is 1. The molecule has 1 rings (SSSR count). The van der Waals surface area contributed by atoms with Crippen LogP contribution in [0.1, 0.15) is 35.8 Å². The molecule has 0 bridgehead atoms. The van der Waals surface area contributed by atoms with Gasteiger partial charge in [0.05, 0.1) is 6.61 Å². The number of amidine groups is 1. The summed E-state index contributed by atoms with van der Waals surface area (Å²) in [5.41, 5.74) is 5.99. The quantitative estimate of drug-likeness (QED) is 0.339. The molecule has 0 aromatic carbocycles. The van der Waals surface area contributed by atoms with Crippen LogP contribution in [0.15, 0.2) is 18.3 Å². The number of nitrogens with two attached hydrogens (primary N) is 1. The van der Waals surface area contributed by atoms with Crippen LogP contribution in [0.4, 0.5) is 0 Å². The number of carbonyl (C=O) groups excluding carboxylic acids is 1. The molecule has 0 aliphatic heterocycles. The summed E-state index contributed by atoms with van der Waals surface area (Å²) < 4.78 is 4.98. The van der Waals surface area contributed by atoms with E-state index in [9.17, 15) is 4.79 Å². The van der Waals surface area contributed by atoms with E-state index in [-0.39, 0.29) is 11.5 Å². The number of nitrogens with one attached hydrogen (secondary N) is 1. The Morgan fingerprint density at radius 3 is 2.81 bits per heavy atom. The number of rotatable bonds is 5. The van der Waals surface area contributed by atoms with Crippen molar-refractivity contribution in [2.75, 3.05) is 6.61 Å². The normalized spacial score (nSPS) is 9.81. The number of ether oxygens (including phenoxy) is 1. The standard InChI is InChI=1S/C11H15N3O2/c1-2-3-6-16-11(15)9-5-4-8(7-14-9)10(12)13/h4-5,7H,2-3,6H2,1H3,(H3,12,13). The van der Waals surface area contributed by atoms with E-state index in [4.69, 9.17) is 15.9 Å². The molecule has 1 aromatic rings. The number of esters is 1. The largest absolute Gasteiger partial charge is 0.461 e. The molecule has 0 radical (unpaired) electrons. The molecule has 3 N–H and O–H groups in total. The molecule has 0 atom stereocenters. The van der Waals surface area contributed by atoms with Gasteiger partial charge in [0.1, 0.15) is 11.5 Å². The summed E-state index contributed by atoms with van der Waals surface area (Å²) >= 11 is 0. The number of nitrogens with zero attached hydrogens (tertiary/aromatic N) is 1. The third-order valence-electron chi connectivity index (χ3n) is 2.01. The number of unbranched alkanes of at least 4 members (excludes halogenated alkanes) is 1. The minimum Gasteiger partial charge on any atom is -0.461 e. The van der Waals surface area contributed by atoms with Gasteiger partial charge >= 0.3 is 5.97 Å². The van der Waals surface area contributed by atoms with Gasteiger partial charge < -0.3 is 10.5 Å². The molecular weight excluding hydrogens is 206 g/mol. The number of nitrogen functional groups attached to an aromatic ring is 1. The Hall–Kier alpha value is -1.91.